The summed E-state index contributed by atoms with van der Waals surface area (Å²) in [4.78, 5) is 2.84. The topological polar surface area (TPSA) is 49.4 Å². The Labute approximate surface area is 169 Å². The highest BCUT2D eigenvalue weighted by Gasteiger charge is 2.17. The van der Waals surface area contributed by atoms with Crippen molar-refractivity contribution in [3.63, 3.8) is 0 Å². The zero-order valence-electron chi connectivity index (χ0n) is 16.1. The third-order valence-electron chi connectivity index (χ3n) is 5.02. The summed E-state index contributed by atoms with van der Waals surface area (Å²) in [6.45, 7) is 7.40. The average Bonchev–Trinajstić information content (AvgIpc) is 2.61. The number of halogens is 1. The summed E-state index contributed by atoms with van der Waals surface area (Å²) in [5.74, 6) is 0. The Morgan fingerprint density at radius 1 is 1.04 bits per heavy atom. The summed E-state index contributed by atoms with van der Waals surface area (Å²) < 4.78 is 27.6. The van der Waals surface area contributed by atoms with Gasteiger partial charge < -0.3 is 0 Å². The first-order valence-electron chi connectivity index (χ1n) is 9.32. The number of nitrogens with one attached hydrogen (secondary N) is 1. The second kappa shape index (κ2) is 9.69. The summed E-state index contributed by atoms with van der Waals surface area (Å²) in [7, 11) is -3.42. The first-order valence-corrected chi connectivity index (χ1v) is 10.8. The maximum Gasteiger partial charge on any atom is 0.240 e. The minimum Gasteiger partial charge on any atom is -0.299 e. The highest BCUT2D eigenvalue weighted by atomic mass is 35.5. The Hall–Kier alpha value is -1.40. The van der Waals surface area contributed by atoms with Crippen LogP contribution in [0.3, 0.4) is 0 Å². The molecule has 4 nitrogen and oxygen atoms in total. The van der Waals surface area contributed by atoms with Gasteiger partial charge >= 0.3 is 0 Å². The first-order chi connectivity index (χ1) is 12.5. The molecule has 0 atom stereocenters. The van der Waals surface area contributed by atoms with E-state index >= 15 is 0 Å². The summed E-state index contributed by atoms with van der Waals surface area (Å²) in [6, 6.07) is 14.1. The maximum absolute atomic E-state index is 12.4. The second-order valence-corrected chi connectivity index (χ2v) is 8.90. The van der Waals surface area contributed by atoms with Crippen LogP contribution in [0.25, 0.3) is 0 Å². The zero-order chi connectivity index (χ0) is 18.6. The van der Waals surface area contributed by atoms with Crippen molar-refractivity contribution in [3.05, 3.63) is 64.7 Å². The van der Waals surface area contributed by atoms with Crippen molar-refractivity contribution in [3.8, 4) is 0 Å². The molecule has 0 saturated carbocycles. The van der Waals surface area contributed by atoms with Crippen LogP contribution in [-0.2, 0) is 23.0 Å². The molecule has 2 aromatic carbocycles. The van der Waals surface area contributed by atoms with Crippen molar-refractivity contribution in [1.29, 1.82) is 0 Å². The average molecular weight is 409 g/mol. The molecule has 27 heavy (non-hydrogen) atoms. The minimum absolute atomic E-state index is 0. The number of rotatable bonds is 7. The lowest BCUT2D eigenvalue weighted by atomic mass is 10.00. The van der Waals surface area contributed by atoms with Crippen LogP contribution < -0.4 is 4.72 Å². The van der Waals surface area contributed by atoms with E-state index in [-0.39, 0.29) is 12.4 Å². The zero-order valence-corrected chi connectivity index (χ0v) is 17.7. The van der Waals surface area contributed by atoms with Crippen molar-refractivity contribution in [2.24, 2.45) is 0 Å². The fourth-order valence-corrected chi connectivity index (χ4v) is 4.89. The SMILES string of the molecule is Cc1ccc(S(=O)(=O)NCCCCN2CCc3ccccc3C2)c(C)c1.Cl. The lowest BCUT2D eigenvalue weighted by Crippen LogP contribution is -2.32. The summed E-state index contributed by atoms with van der Waals surface area (Å²) >= 11 is 0. The number of hydrogen-bond acceptors (Lipinski definition) is 3. The molecule has 0 saturated heterocycles. The Morgan fingerprint density at radius 2 is 1.78 bits per heavy atom. The van der Waals surface area contributed by atoms with E-state index in [2.05, 4.69) is 33.9 Å². The molecule has 148 valence electrons. The third kappa shape index (κ3) is 5.79. The van der Waals surface area contributed by atoms with Crippen molar-refractivity contribution in [2.75, 3.05) is 19.6 Å². The van der Waals surface area contributed by atoms with Crippen LogP contribution in [0, 0.1) is 13.8 Å². The molecule has 0 fully saturated rings. The molecule has 3 rings (SSSR count). The molecule has 1 aliphatic rings. The van der Waals surface area contributed by atoms with Crippen molar-refractivity contribution in [1.82, 2.24) is 9.62 Å². The van der Waals surface area contributed by atoms with Crippen molar-refractivity contribution in [2.45, 2.75) is 44.6 Å². The second-order valence-electron chi connectivity index (χ2n) is 7.17. The Morgan fingerprint density at radius 3 is 2.52 bits per heavy atom. The van der Waals surface area contributed by atoms with Crippen LogP contribution in [-0.4, -0.2) is 33.0 Å². The van der Waals surface area contributed by atoms with E-state index in [1.807, 2.05) is 26.0 Å². The molecular weight excluding hydrogens is 380 g/mol. The van der Waals surface area contributed by atoms with E-state index in [4.69, 9.17) is 0 Å². The maximum atomic E-state index is 12.4. The van der Waals surface area contributed by atoms with Crippen LogP contribution in [0.15, 0.2) is 47.4 Å². The highest BCUT2D eigenvalue weighted by Crippen LogP contribution is 2.19. The third-order valence-corrected chi connectivity index (χ3v) is 6.64. The van der Waals surface area contributed by atoms with Gasteiger partial charge in [0, 0.05) is 19.6 Å². The van der Waals surface area contributed by atoms with Gasteiger partial charge in [0.25, 0.3) is 0 Å². The molecule has 1 aliphatic heterocycles. The number of nitrogens with zero attached hydrogens (tertiary/aromatic N) is 1. The van der Waals surface area contributed by atoms with Gasteiger partial charge in [0.2, 0.25) is 10.0 Å². The predicted molar refractivity (Wildman–Crippen MR) is 113 cm³/mol. The van der Waals surface area contributed by atoms with Crippen molar-refractivity contribution < 1.29 is 8.42 Å². The van der Waals surface area contributed by atoms with Crippen LogP contribution in [0.2, 0.25) is 0 Å². The molecule has 0 spiro atoms. The van der Waals surface area contributed by atoms with E-state index in [0.29, 0.717) is 11.4 Å². The van der Waals surface area contributed by atoms with Gasteiger partial charge in [0.15, 0.2) is 0 Å². The van der Waals surface area contributed by atoms with Gasteiger partial charge in [0.05, 0.1) is 4.90 Å². The van der Waals surface area contributed by atoms with Gasteiger partial charge in [0.1, 0.15) is 0 Å². The minimum atomic E-state index is -3.42. The number of aryl methyl sites for hydroxylation is 2. The van der Waals surface area contributed by atoms with Gasteiger partial charge in [-0.15, -0.1) is 12.4 Å². The lowest BCUT2D eigenvalue weighted by molar-refractivity contribution is 0.249. The Balaban J connectivity index is 0.00000261. The molecule has 2 aromatic rings. The summed E-state index contributed by atoms with van der Waals surface area (Å²) in [5.41, 5.74) is 4.76. The summed E-state index contributed by atoms with van der Waals surface area (Å²) in [6.07, 6.45) is 2.95. The number of fused-ring (bicyclic) bond motifs is 1. The molecular formula is C21H29ClN2O2S. The molecule has 6 heteroatoms. The molecule has 0 amide bonds. The molecule has 0 unspecified atom stereocenters. The van der Waals surface area contributed by atoms with E-state index in [1.165, 1.54) is 11.1 Å². The van der Waals surface area contributed by atoms with Crippen LogP contribution in [0.4, 0.5) is 0 Å². The highest BCUT2D eigenvalue weighted by molar-refractivity contribution is 7.89. The van der Waals surface area contributed by atoms with E-state index in [9.17, 15) is 8.42 Å². The number of benzene rings is 2. The predicted octanol–water partition coefficient (Wildman–Crippen LogP) is 3.84. The monoisotopic (exact) mass is 408 g/mol. The van der Waals surface area contributed by atoms with Gasteiger partial charge in [-0.3, -0.25) is 4.90 Å². The molecule has 0 aromatic heterocycles. The largest absolute Gasteiger partial charge is 0.299 e. The van der Waals surface area contributed by atoms with Gasteiger partial charge in [-0.25, -0.2) is 13.1 Å². The quantitative estimate of drug-likeness (QED) is 0.708. The van der Waals surface area contributed by atoms with Crippen LogP contribution in [0.5, 0.6) is 0 Å². The number of sulfonamides is 1. The molecule has 0 radical (unpaired) electrons. The van der Waals surface area contributed by atoms with Crippen LogP contribution >= 0.6 is 12.4 Å². The number of unbranched alkanes of at least 4 members (excludes halogenated alkanes) is 1. The lowest BCUT2D eigenvalue weighted by Gasteiger charge is -2.28. The smallest absolute Gasteiger partial charge is 0.240 e. The van der Waals surface area contributed by atoms with Crippen LogP contribution in [0.1, 0.15) is 35.1 Å². The normalized spacial score (nSPS) is 14.4. The Bertz CT molecular complexity index is 868. The Kier molecular flexibility index (Phi) is 7.86. The van der Waals surface area contributed by atoms with Crippen molar-refractivity contribution >= 4 is 22.4 Å². The molecule has 1 N–H and O–H groups in total. The first kappa shape index (κ1) is 21.9. The fourth-order valence-electron chi connectivity index (χ4n) is 3.59. The van der Waals surface area contributed by atoms with Gasteiger partial charge in [-0.1, -0.05) is 42.0 Å². The standard InChI is InChI=1S/C21H28N2O2S.ClH/c1-17-9-10-21(18(2)15-17)26(24,25)22-12-5-6-13-23-14-11-19-7-3-4-8-20(19)16-23;/h3-4,7-10,15,22H,5-6,11-14,16H2,1-2H3;1H. The molecule has 0 aliphatic carbocycles. The van der Waals surface area contributed by atoms with Gasteiger partial charge in [-0.05, 0) is 62.4 Å². The molecule has 0 bridgehead atoms. The van der Waals surface area contributed by atoms with Gasteiger partial charge in [-0.2, -0.15) is 0 Å². The number of hydrogen-bond donors (Lipinski definition) is 1. The fraction of sp³-hybridized carbons (Fsp3) is 0.429. The van der Waals surface area contributed by atoms with E-state index in [0.717, 1.165) is 50.0 Å². The van der Waals surface area contributed by atoms with E-state index in [1.54, 1.807) is 6.07 Å². The molecule has 1 heterocycles. The summed E-state index contributed by atoms with van der Waals surface area (Å²) in [5, 5.41) is 0. The van der Waals surface area contributed by atoms with E-state index < -0.39 is 10.0 Å².